The number of nitrogens with one attached hydrogen (secondary N) is 1. The van der Waals surface area contributed by atoms with Gasteiger partial charge in [-0.05, 0) is 36.1 Å². The second-order valence-electron chi connectivity index (χ2n) is 6.85. The summed E-state index contributed by atoms with van der Waals surface area (Å²) in [5.74, 6) is 0.326. The molecule has 0 amide bonds. The maximum absolute atomic E-state index is 12.4. The van der Waals surface area contributed by atoms with Crippen molar-refractivity contribution < 1.29 is 12.8 Å². The summed E-state index contributed by atoms with van der Waals surface area (Å²) in [6.45, 7) is 8.67. The number of aryl methyl sites for hydroxylation is 1. The van der Waals surface area contributed by atoms with Crippen LogP contribution in [-0.4, -0.2) is 23.2 Å². The van der Waals surface area contributed by atoms with Crippen LogP contribution in [0.5, 0.6) is 0 Å². The van der Waals surface area contributed by atoms with E-state index in [9.17, 15) is 8.42 Å². The van der Waals surface area contributed by atoms with Gasteiger partial charge in [0, 0.05) is 6.54 Å². The average molecular weight is 362 g/mol. The number of rotatable bonds is 5. The number of hydrogen-bond donors (Lipinski definition) is 1. The Morgan fingerprint density at radius 3 is 2.68 bits per heavy atom. The smallest absolute Gasteiger partial charge is 0.258 e. The van der Waals surface area contributed by atoms with Crippen LogP contribution in [-0.2, 0) is 28.5 Å². The van der Waals surface area contributed by atoms with Gasteiger partial charge in [0.15, 0.2) is 10.6 Å². The Morgan fingerprint density at radius 2 is 2.00 bits per heavy atom. The van der Waals surface area contributed by atoms with Crippen molar-refractivity contribution in [3.8, 4) is 0 Å². The zero-order valence-electron chi connectivity index (χ0n) is 14.8. The summed E-state index contributed by atoms with van der Waals surface area (Å²) in [4.78, 5) is 4.40. The molecule has 0 aliphatic carbocycles. The summed E-state index contributed by atoms with van der Waals surface area (Å²) in [5.41, 5.74) is 2.52. The molecular formula is C17H22N4O3S. The number of hydrogen-bond acceptors (Lipinski definition) is 5. The minimum atomic E-state index is -3.68. The van der Waals surface area contributed by atoms with E-state index in [-0.39, 0.29) is 17.0 Å². The Balaban J connectivity index is 1.81. The van der Waals surface area contributed by atoms with E-state index in [1.165, 1.54) is 16.9 Å². The van der Waals surface area contributed by atoms with Crippen LogP contribution in [0.1, 0.15) is 39.1 Å². The highest BCUT2D eigenvalue weighted by atomic mass is 32.2. The van der Waals surface area contributed by atoms with Crippen LogP contribution in [0.2, 0.25) is 0 Å². The van der Waals surface area contributed by atoms with Crippen LogP contribution in [0.25, 0.3) is 11.1 Å². The fourth-order valence-corrected chi connectivity index (χ4v) is 3.69. The molecule has 25 heavy (non-hydrogen) atoms. The standard InChI is InChI=1S/C17H22N4O3S/c1-5-21-16(8-9-18-21)25(22,23)19-11-15-20-13-10-12(17(2,3)4)6-7-14(13)24-15/h6-10,19H,5,11H2,1-4H3. The molecule has 0 aliphatic rings. The van der Waals surface area contributed by atoms with Crippen molar-refractivity contribution >= 4 is 21.1 Å². The molecule has 0 bridgehead atoms. The lowest BCUT2D eigenvalue weighted by Crippen LogP contribution is -2.26. The van der Waals surface area contributed by atoms with Crippen LogP contribution < -0.4 is 4.72 Å². The van der Waals surface area contributed by atoms with Gasteiger partial charge in [-0.1, -0.05) is 26.8 Å². The molecule has 0 aliphatic heterocycles. The van der Waals surface area contributed by atoms with Crippen LogP contribution in [0.3, 0.4) is 0 Å². The molecule has 0 fully saturated rings. The first-order valence-electron chi connectivity index (χ1n) is 8.12. The molecular weight excluding hydrogens is 340 g/mol. The largest absolute Gasteiger partial charge is 0.439 e. The van der Waals surface area contributed by atoms with Gasteiger partial charge >= 0.3 is 0 Å². The van der Waals surface area contributed by atoms with Gasteiger partial charge < -0.3 is 4.42 Å². The lowest BCUT2D eigenvalue weighted by atomic mass is 9.87. The molecule has 3 rings (SSSR count). The van der Waals surface area contributed by atoms with Crippen LogP contribution in [0, 0.1) is 0 Å². The summed E-state index contributed by atoms with van der Waals surface area (Å²) >= 11 is 0. The molecule has 1 N–H and O–H groups in total. The number of nitrogens with zero attached hydrogens (tertiary/aromatic N) is 3. The highest BCUT2D eigenvalue weighted by molar-refractivity contribution is 7.89. The van der Waals surface area contributed by atoms with E-state index < -0.39 is 10.0 Å². The van der Waals surface area contributed by atoms with Crippen molar-refractivity contribution in [1.29, 1.82) is 0 Å². The summed E-state index contributed by atoms with van der Waals surface area (Å²) in [5, 5.41) is 4.11. The topological polar surface area (TPSA) is 90.0 Å². The SMILES string of the molecule is CCn1nccc1S(=O)(=O)NCc1nc2cc(C(C)(C)C)ccc2o1. The Morgan fingerprint density at radius 1 is 1.24 bits per heavy atom. The summed E-state index contributed by atoms with van der Waals surface area (Å²) < 4.78 is 34.4. The Hall–Kier alpha value is -2.19. The van der Waals surface area contributed by atoms with Crippen molar-refractivity contribution in [2.24, 2.45) is 0 Å². The minimum Gasteiger partial charge on any atom is -0.439 e. The number of fused-ring (bicyclic) bond motifs is 1. The van der Waals surface area contributed by atoms with E-state index in [1.54, 1.807) is 0 Å². The predicted molar refractivity (Wildman–Crippen MR) is 94.6 cm³/mol. The van der Waals surface area contributed by atoms with E-state index in [2.05, 4.69) is 35.6 Å². The maximum Gasteiger partial charge on any atom is 0.258 e. The summed E-state index contributed by atoms with van der Waals surface area (Å²) in [7, 11) is -3.68. The van der Waals surface area contributed by atoms with E-state index in [0.29, 0.717) is 18.0 Å². The van der Waals surface area contributed by atoms with Gasteiger partial charge in [0.05, 0.1) is 12.7 Å². The second-order valence-corrected chi connectivity index (χ2v) is 8.56. The first-order chi connectivity index (χ1) is 11.7. The van der Waals surface area contributed by atoms with Gasteiger partial charge in [-0.3, -0.25) is 4.68 Å². The molecule has 1 aromatic carbocycles. The predicted octanol–water partition coefficient (Wildman–Crippen LogP) is 2.82. The third kappa shape index (κ3) is 3.59. The Kier molecular flexibility index (Phi) is 4.42. The van der Waals surface area contributed by atoms with Gasteiger partial charge in [0.25, 0.3) is 10.0 Å². The van der Waals surface area contributed by atoms with E-state index in [1.807, 2.05) is 25.1 Å². The lowest BCUT2D eigenvalue weighted by Gasteiger charge is -2.18. The molecule has 2 aromatic heterocycles. The number of aromatic nitrogens is 3. The third-order valence-corrected chi connectivity index (χ3v) is 5.39. The second kappa shape index (κ2) is 6.27. The van der Waals surface area contributed by atoms with Gasteiger partial charge in [-0.15, -0.1) is 0 Å². The maximum atomic E-state index is 12.4. The Bertz CT molecular complexity index is 996. The van der Waals surface area contributed by atoms with E-state index in [0.717, 1.165) is 11.1 Å². The minimum absolute atomic E-state index is 0.00739. The first-order valence-corrected chi connectivity index (χ1v) is 9.60. The molecule has 0 radical (unpaired) electrons. The molecule has 0 saturated carbocycles. The number of oxazole rings is 1. The highest BCUT2D eigenvalue weighted by Gasteiger charge is 2.20. The molecule has 0 atom stereocenters. The first kappa shape index (κ1) is 17.6. The van der Waals surface area contributed by atoms with Gasteiger partial charge in [0.2, 0.25) is 5.89 Å². The van der Waals surface area contributed by atoms with Gasteiger partial charge in [0.1, 0.15) is 5.52 Å². The van der Waals surface area contributed by atoms with E-state index >= 15 is 0 Å². The summed E-state index contributed by atoms with van der Waals surface area (Å²) in [6.07, 6.45) is 1.46. The molecule has 134 valence electrons. The zero-order valence-corrected chi connectivity index (χ0v) is 15.6. The van der Waals surface area contributed by atoms with Crippen LogP contribution in [0.4, 0.5) is 0 Å². The van der Waals surface area contributed by atoms with Crippen LogP contribution in [0.15, 0.2) is 39.9 Å². The lowest BCUT2D eigenvalue weighted by molar-refractivity contribution is 0.506. The molecule has 0 spiro atoms. The Labute approximate surface area is 147 Å². The molecule has 7 nitrogen and oxygen atoms in total. The quantitative estimate of drug-likeness (QED) is 0.754. The molecule has 2 heterocycles. The van der Waals surface area contributed by atoms with Crippen molar-refractivity contribution in [3.05, 3.63) is 41.9 Å². The van der Waals surface area contributed by atoms with Crippen molar-refractivity contribution in [1.82, 2.24) is 19.5 Å². The average Bonchev–Trinajstić information content (AvgIpc) is 3.17. The number of benzene rings is 1. The summed E-state index contributed by atoms with van der Waals surface area (Å²) in [6, 6.07) is 7.31. The third-order valence-electron chi connectivity index (χ3n) is 3.96. The molecule has 0 unspecified atom stereocenters. The van der Waals surface area contributed by atoms with Crippen molar-refractivity contribution in [3.63, 3.8) is 0 Å². The molecule has 3 aromatic rings. The highest BCUT2D eigenvalue weighted by Crippen LogP contribution is 2.26. The number of sulfonamides is 1. The molecule has 8 heteroatoms. The monoisotopic (exact) mass is 362 g/mol. The normalized spacial score (nSPS) is 12.8. The van der Waals surface area contributed by atoms with Gasteiger partial charge in [-0.25, -0.2) is 18.1 Å². The zero-order chi connectivity index (χ0) is 18.2. The fourth-order valence-electron chi connectivity index (χ4n) is 2.53. The van der Waals surface area contributed by atoms with Crippen molar-refractivity contribution in [2.75, 3.05) is 0 Å². The van der Waals surface area contributed by atoms with Gasteiger partial charge in [-0.2, -0.15) is 5.10 Å². The van der Waals surface area contributed by atoms with E-state index in [4.69, 9.17) is 4.42 Å². The van der Waals surface area contributed by atoms with Crippen LogP contribution >= 0.6 is 0 Å². The fraction of sp³-hybridized carbons (Fsp3) is 0.412. The van der Waals surface area contributed by atoms with Crippen molar-refractivity contribution in [2.45, 2.75) is 51.2 Å². The molecule has 0 saturated heterocycles.